The number of rotatable bonds is 3. The molecule has 0 heterocycles. The molecule has 0 nitrogen and oxygen atoms in total. The third kappa shape index (κ3) is 3.09. The Hall–Kier alpha value is -2.34. The highest BCUT2D eigenvalue weighted by atomic mass is 14.3. The van der Waals surface area contributed by atoms with Crippen LogP contribution in [-0.2, 0) is 19.3 Å². The summed E-state index contributed by atoms with van der Waals surface area (Å²) in [5.74, 6) is 0.879. The smallest absolute Gasteiger partial charge is 0.00106 e. The second kappa shape index (κ2) is 7.24. The lowest BCUT2D eigenvalue weighted by Gasteiger charge is -2.23. The Bertz CT molecular complexity index is 993. The Morgan fingerprint density at radius 1 is 1.00 bits per heavy atom. The van der Waals surface area contributed by atoms with Gasteiger partial charge < -0.3 is 0 Å². The van der Waals surface area contributed by atoms with Crippen molar-refractivity contribution >= 4 is 11.1 Å². The van der Waals surface area contributed by atoms with Crippen molar-refractivity contribution in [1.82, 2.24) is 0 Å². The van der Waals surface area contributed by atoms with Crippen molar-refractivity contribution in [3.63, 3.8) is 0 Å². The lowest BCUT2D eigenvalue weighted by molar-refractivity contribution is 0.356. The van der Waals surface area contributed by atoms with Gasteiger partial charge in [0.15, 0.2) is 0 Å². The number of hydrogen-bond donors (Lipinski definition) is 0. The molecule has 142 valence electrons. The number of aryl methyl sites for hydroxylation is 1. The lowest BCUT2D eigenvalue weighted by Crippen LogP contribution is -2.11. The van der Waals surface area contributed by atoms with Crippen LogP contribution in [0.5, 0.6) is 0 Å². The molecule has 0 saturated heterocycles. The molecule has 0 unspecified atom stereocenters. The van der Waals surface area contributed by atoms with Crippen LogP contribution in [0.2, 0.25) is 0 Å². The second-order valence-electron chi connectivity index (χ2n) is 8.94. The zero-order chi connectivity index (χ0) is 19.1. The van der Waals surface area contributed by atoms with Gasteiger partial charge in [0.2, 0.25) is 0 Å². The van der Waals surface area contributed by atoms with Crippen molar-refractivity contribution in [1.29, 1.82) is 0 Å². The largest absolute Gasteiger partial charge is 0.0909 e. The maximum atomic E-state index is 4.50. The van der Waals surface area contributed by atoms with Crippen LogP contribution in [0.3, 0.4) is 0 Å². The standard InChI is InChI=1S/C28H30/c1-19-12-15-25-20(2)24(17-23-14-13-22-10-6-7-11-26(22)23)18-28(25)27(19)16-21-8-4-3-5-9-21/h6-7,10-12,14-15,17,21H,2-5,8-9,13,16,18H2,1H3/b24-17+. The molecule has 1 fully saturated rings. The van der Waals surface area contributed by atoms with E-state index in [0.717, 1.165) is 18.8 Å². The number of benzene rings is 2. The van der Waals surface area contributed by atoms with E-state index < -0.39 is 0 Å². The molecule has 0 heteroatoms. The first kappa shape index (κ1) is 17.7. The van der Waals surface area contributed by atoms with E-state index in [1.165, 1.54) is 77.5 Å². The fourth-order valence-corrected chi connectivity index (χ4v) is 5.50. The molecular weight excluding hydrogens is 336 g/mol. The molecule has 3 aliphatic rings. The maximum Gasteiger partial charge on any atom is -0.00106 e. The topological polar surface area (TPSA) is 0 Å². The Kier molecular flexibility index (Phi) is 4.59. The van der Waals surface area contributed by atoms with Crippen LogP contribution in [0.1, 0.15) is 65.5 Å². The minimum atomic E-state index is 0.879. The van der Waals surface area contributed by atoms with Gasteiger partial charge in [-0.3, -0.25) is 0 Å². The van der Waals surface area contributed by atoms with Crippen molar-refractivity contribution in [3.05, 3.63) is 94.1 Å². The molecule has 0 bridgehead atoms. The Morgan fingerprint density at radius 3 is 2.68 bits per heavy atom. The van der Waals surface area contributed by atoms with E-state index in [1.807, 2.05) is 0 Å². The van der Waals surface area contributed by atoms with E-state index in [0.29, 0.717) is 0 Å². The van der Waals surface area contributed by atoms with Crippen molar-refractivity contribution in [2.75, 3.05) is 0 Å². The van der Waals surface area contributed by atoms with Gasteiger partial charge in [0, 0.05) is 0 Å². The van der Waals surface area contributed by atoms with E-state index in [4.69, 9.17) is 0 Å². The fraction of sp³-hybridized carbons (Fsp3) is 0.357. The average molecular weight is 367 g/mol. The Labute approximate surface area is 169 Å². The van der Waals surface area contributed by atoms with Crippen LogP contribution in [0.4, 0.5) is 0 Å². The molecule has 1 saturated carbocycles. The highest BCUT2D eigenvalue weighted by molar-refractivity contribution is 5.91. The highest BCUT2D eigenvalue weighted by Gasteiger charge is 2.26. The average Bonchev–Trinajstić information content (AvgIpc) is 3.27. The summed E-state index contributed by atoms with van der Waals surface area (Å²) in [6.07, 6.45) is 15.3. The molecule has 28 heavy (non-hydrogen) atoms. The molecule has 0 N–H and O–H groups in total. The summed E-state index contributed by atoms with van der Waals surface area (Å²) >= 11 is 0. The monoisotopic (exact) mass is 366 g/mol. The van der Waals surface area contributed by atoms with Crippen molar-refractivity contribution in [3.8, 4) is 0 Å². The maximum absolute atomic E-state index is 4.50. The van der Waals surface area contributed by atoms with E-state index in [-0.39, 0.29) is 0 Å². The summed E-state index contributed by atoms with van der Waals surface area (Å²) in [4.78, 5) is 0. The van der Waals surface area contributed by atoms with E-state index in [2.05, 4.69) is 62.1 Å². The number of fused-ring (bicyclic) bond motifs is 2. The van der Waals surface area contributed by atoms with Gasteiger partial charge in [0.1, 0.15) is 0 Å². The molecule has 0 aliphatic heterocycles. The minimum Gasteiger partial charge on any atom is -0.0909 e. The van der Waals surface area contributed by atoms with Gasteiger partial charge in [-0.1, -0.05) is 87.2 Å². The summed E-state index contributed by atoms with van der Waals surface area (Å²) in [5.41, 5.74) is 12.9. The van der Waals surface area contributed by atoms with Gasteiger partial charge >= 0.3 is 0 Å². The predicted octanol–water partition coefficient (Wildman–Crippen LogP) is 7.25. The second-order valence-corrected chi connectivity index (χ2v) is 8.94. The molecule has 0 atom stereocenters. The van der Waals surface area contributed by atoms with Crippen LogP contribution in [0.15, 0.2) is 60.7 Å². The zero-order valence-corrected chi connectivity index (χ0v) is 17.1. The summed E-state index contributed by atoms with van der Waals surface area (Å²) in [7, 11) is 0. The molecule has 2 aromatic rings. The molecule has 0 amide bonds. The third-order valence-electron chi connectivity index (χ3n) is 7.16. The normalized spacial score (nSPS) is 20.4. The number of hydrogen-bond acceptors (Lipinski definition) is 0. The van der Waals surface area contributed by atoms with Crippen LogP contribution >= 0.6 is 0 Å². The van der Waals surface area contributed by atoms with E-state index >= 15 is 0 Å². The van der Waals surface area contributed by atoms with E-state index in [1.54, 1.807) is 11.1 Å². The fourth-order valence-electron chi connectivity index (χ4n) is 5.50. The summed E-state index contributed by atoms with van der Waals surface area (Å²) in [6, 6.07) is 13.5. The van der Waals surface area contributed by atoms with Crippen molar-refractivity contribution in [2.24, 2.45) is 5.92 Å². The zero-order valence-electron chi connectivity index (χ0n) is 17.1. The first-order chi connectivity index (χ1) is 13.7. The Balaban J connectivity index is 1.46. The van der Waals surface area contributed by atoms with Crippen LogP contribution < -0.4 is 0 Å². The third-order valence-corrected chi connectivity index (χ3v) is 7.16. The molecule has 0 radical (unpaired) electrons. The quantitative estimate of drug-likeness (QED) is 0.536. The predicted molar refractivity (Wildman–Crippen MR) is 120 cm³/mol. The molecule has 0 spiro atoms. The van der Waals surface area contributed by atoms with Gasteiger partial charge in [-0.15, -0.1) is 0 Å². The first-order valence-corrected chi connectivity index (χ1v) is 11.0. The summed E-state index contributed by atoms with van der Waals surface area (Å²) < 4.78 is 0. The van der Waals surface area contributed by atoms with Crippen molar-refractivity contribution in [2.45, 2.75) is 58.3 Å². The van der Waals surface area contributed by atoms with Crippen LogP contribution in [0, 0.1) is 12.8 Å². The van der Waals surface area contributed by atoms with Crippen molar-refractivity contribution < 1.29 is 0 Å². The van der Waals surface area contributed by atoms with Crippen LogP contribution in [0.25, 0.3) is 11.1 Å². The highest BCUT2D eigenvalue weighted by Crippen LogP contribution is 2.42. The SMILES string of the molecule is C=C1/C(=C/C2=CCc3ccccc32)Cc2c1ccc(C)c2CC1CCCCC1. The summed E-state index contributed by atoms with van der Waals surface area (Å²) in [6.45, 7) is 6.80. The Morgan fingerprint density at radius 2 is 1.82 bits per heavy atom. The molecule has 0 aromatic heterocycles. The molecule has 5 rings (SSSR count). The molecular formula is C28H30. The van der Waals surface area contributed by atoms with Gasteiger partial charge in [-0.05, 0) is 82.2 Å². The molecule has 3 aliphatic carbocycles. The summed E-state index contributed by atoms with van der Waals surface area (Å²) in [5, 5.41) is 0. The van der Waals surface area contributed by atoms with Gasteiger partial charge in [-0.2, -0.15) is 0 Å². The van der Waals surface area contributed by atoms with Gasteiger partial charge in [0.25, 0.3) is 0 Å². The first-order valence-electron chi connectivity index (χ1n) is 11.0. The lowest BCUT2D eigenvalue weighted by atomic mass is 9.82. The molecule has 2 aromatic carbocycles. The minimum absolute atomic E-state index is 0.879. The van der Waals surface area contributed by atoms with Crippen LogP contribution in [-0.4, -0.2) is 0 Å². The number of allylic oxidation sites excluding steroid dienone is 5. The van der Waals surface area contributed by atoms with E-state index in [9.17, 15) is 0 Å². The van der Waals surface area contributed by atoms with Gasteiger partial charge in [0.05, 0.1) is 0 Å². The van der Waals surface area contributed by atoms with Gasteiger partial charge in [-0.25, -0.2) is 0 Å².